The molecule has 0 amide bonds. The Bertz CT molecular complexity index is 220. The summed E-state index contributed by atoms with van der Waals surface area (Å²) in [5, 5.41) is 18.0. The van der Waals surface area contributed by atoms with E-state index >= 15 is 0 Å². The fourth-order valence-corrected chi connectivity index (χ4v) is 0.736. The van der Waals surface area contributed by atoms with Crippen LogP contribution in [0.25, 0.3) is 0 Å². The molecule has 1 aliphatic rings. The van der Waals surface area contributed by atoms with Gasteiger partial charge in [0.05, 0.1) is 13.1 Å². The lowest BCUT2D eigenvalue weighted by molar-refractivity contribution is -0.458. The molecule has 0 aromatic carbocycles. The van der Waals surface area contributed by atoms with E-state index in [2.05, 4.69) is 25.4 Å². The maximum Gasteiger partial charge on any atom is 0.360 e. The normalized spacial score (nSPS) is 25.9. The number of carbonyl (C=O) groups excluding carboxylic acids is 2. The van der Waals surface area contributed by atoms with Crippen molar-refractivity contribution in [3.8, 4) is 0 Å². The lowest BCUT2D eigenvalue weighted by atomic mass is 10.5. The molecule has 1 rings (SSSR count). The zero-order valence-electron chi connectivity index (χ0n) is 7.19. The number of carbonyl (C=O) groups is 2. The standard InChI is InChI=1S/C6H10N2O6/c9-4-1-7-2-5(10)12-14-13-6(11)3-8-4/h4,7-9H,1-3H2. The van der Waals surface area contributed by atoms with Gasteiger partial charge in [-0.25, -0.2) is 9.59 Å². The van der Waals surface area contributed by atoms with Crippen LogP contribution in [0.2, 0.25) is 0 Å². The fourth-order valence-electron chi connectivity index (χ4n) is 0.736. The van der Waals surface area contributed by atoms with Gasteiger partial charge in [-0.1, -0.05) is 0 Å². The molecule has 8 nitrogen and oxygen atoms in total. The van der Waals surface area contributed by atoms with Gasteiger partial charge in [0.25, 0.3) is 0 Å². The predicted molar refractivity (Wildman–Crippen MR) is 40.1 cm³/mol. The summed E-state index contributed by atoms with van der Waals surface area (Å²) in [7, 11) is 0. The van der Waals surface area contributed by atoms with E-state index in [9.17, 15) is 9.59 Å². The van der Waals surface area contributed by atoms with Gasteiger partial charge in [0.1, 0.15) is 6.23 Å². The van der Waals surface area contributed by atoms with Crippen molar-refractivity contribution < 1.29 is 29.5 Å². The molecule has 0 bridgehead atoms. The molecule has 1 aliphatic heterocycles. The molecule has 1 saturated heterocycles. The first-order valence-electron chi connectivity index (χ1n) is 3.87. The zero-order chi connectivity index (χ0) is 10.4. The molecular weight excluding hydrogens is 196 g/mol. The summed E-state index contributed by atoms with van der Waals surface area (Å²) < 4.78 is 0. The van der Waals surface area contributed by atoms with Gasteiger partial charge in [0.2, 0.25) is 0 Å². The molecule has 0 aromatic rings. The highest BCUT2D eigenvalue weighted by atomic mass is 17.5. The first-order chi connectivity index (χ1) is 6.68. The van der Waals surface area contributed by atoms with Crippen LogP contribution in [0, 0.1) is 0 Å². The average molecular weight is 206 g/mol. The Morgan fingerprint density at radius 3 is 2.57 bits per heavy atom. The van der Waals surface area contributed by atoms with Crippen LogP contribution in [-0.4, -0.2) is 42.9 Å². The van der Waals surface area contributed by atoms with Crippen molar-refractivity contribution in [2.75, 3.05) is 19.6 Å². The van der Waals surface area contributed by atoms with E-state index in [1.165, 1.54) is 0 Å². The Balaban J connectivity index is 2.40. The minimum absolute atomic E-state index is 0.0996. The third-order valence-corrected chi connectivity index (χ3v) is 1.34. The third-order valence-electron chi connectivity index (χ3n) is 1.34. The number of aliphatic hydroxyl groups is 1. The van der Waals surface area contributed by atoms with E-state index in [0.29, 0.717) is 0 Å². The van der Waals surface area contributed by atoms with Crippen LogP contribution in [-0.2, 0) is 24.4 Å². The summed E-state index contributed by atoms with van der Waals surface area (Å²) in [5.41, 5.74) is 0. The molecule has 80 valence electrons. The second-order valence-electron chi connectivity index (χ2n) is 2.51. The van der Waals surface area contributed by atoms with Crippen LogP contribution < -0.4 is 10.6 Å². The maximum atomic E-state index is 10.7. The van der Waals surface area contributed by atoms with Gasteiger partial charge in [-0.05, 0) is 0 Å². The second-order valence-corrected chi connectivity index (χ2v) is 2.51. The number of hydrogen-bond donors (Lipinski definition) is 3. The van der Waals surface area contributed by atoms with Crippen LogP contribution in [0.3, 0.4) is 0 Å². The SMILES string of the molecule is O=C1CNCC(O)NCC(=O)OOO1. The number of hydrogen-bond acceptors (Lipinski definition) is 8. The Labute approximate surface area is 79.0 Å². The van der Waals surface area contributed by atoms with Crippen molar-refractivity contribution in [3.05, 3.63) is 0 Å². The summed E-state index contributed by atoms with van der Waals surface area (Å²) in [5.74, 6) is -1.56. The molecule has 0 aromatic heterocycles. The minimum Gasteiger partial charge on any atom is -0.377 e. The number of rotatable bonds is 0. The van der Waals surface area contributed by atoms with E-state index in [4.69, 9.17) is 5.11 Å². The van der Waals surface area contributed by atoms with E-state index in [0.717, 1.165) is 0 Å². The van der Waals surface area contributed by atoms with E-state index < -0.39 is 18.2 Å². The quantitative estimate of drug-likeness (QED) is 0.371. The summed E-state index contributed by atoms with van der Waals surface area (Å²) >= 11 is 0. The van der Waals surface area contributed by atoms with Gasteiger partial charge in [0, 0.05) is 11.6 Å². The van der Waals surface area contributed by atoms with Crippen molar-refractivity contribution in [1.29, 1.82) is 0 Å². The fraction of sp³-hybridized carbons (Fsp3) is 0.667. The summed E-state index contributed by atoms with van der Waals surface area (Å²) in [6.07, 6.45) is -0.951. The van der Waals surface area contributed by atoms with Gasteiger partial charge in [-0.3, -0.25) is 15.1 Å². The van der Waals surface area contributed by atoms with Gasteiger partial charge < -0.3 is 10.4 Å². The van der Waals surface area contributed by atoms with Crippen LogP contribution >= 0.6 is 0 Å². The van der Waals surface area contributed by atoms with Crippen LogP contribution in [0.5, 0.6) is 0 Å². The molecule has 1 heterocycles. The van der Waals surface area contributed by atoms with E-state index in [-0.39, 0.29) is 19.6 Å². The third kappa shape index (κ3) is 4.14. The lowest BCUT2D eigenvalue weighted by Crippen LogP contribution is -2.41. The van der Waals surface area contributed by atoms with Crippen molar-refractivity contribution in [2.45, 2.75) is 6.23 Å². The molecule has 8 heteroatoms. The monoisotopic (exact) mass is 206 g/mol. The Morgan fingerprint density at radius 2 is 1.86 bits per heavy atom. The predicted octanol–water partition coefficient (Wildman–Crippen LogP) is -2.57. The summed E-state index contributed by atoms with van der Waals surface area (Å²) in [6.45, 7) is -0.306. The van der Waals surface area contributed by atoms with E-state index in [1.807, 2.05) is 0 Å². The maximum absolute atomic E-state index is 10.7. The van der Waals surface area contributed by atoms with Crippen molar-refractivity contribution >= 4 is 11.9 Å². The Kier molecular flexibility index (Phi) is 4.26. The van der Waals surface area contributed by atoms with Crippen LogP contribution in [0.4, 0.5) is 0 Å². The largest absolute Gasteiger partial charge is 0.377 e. The van der Waals surface area contributed by atoms with Crippen molar-refractivity contribution in [2.24, 2.45) is 0 Å². The van der Waals surface area contributed by atoms with E-state index in [1.54, 1.807) is 0 Å². The Hall–Kier alpha value is -1.22. The average Bonchev–Trinajstić information content (AvgIpc) is 2.16. The highest BCUT2D eigenvalue weighted by molar-refractivity contribution is 5.72. The minimum atomic E-state index is -0.951. The van der Waals surface area contributed by atoms with Gasteiger partial charge in [-0.15, -0.1) is 0 Å². The van der Waals surface area contributed by atoms with Crippen molar-refractivity contribution in [1.82, 2.24) is 10.6 Å². The lowest BCUT2D eigenvalue weighted by Gasteiger charge is -2.10. The molecule has 0 aliphatic carbocycles. The highest BCUT2D eigenvalue weighted by Crippen LogP contribution is 1.87. The molecular formula is C6H10N2O6. The first kappa shape index (κ1) is 10.9. The first-order valence-corrected chi connectivity index (χ1v) is 3.87. The smallest absolute Gasteiger partial charge is 0.360 e. The number of nitrogens with one attached hydrogen (secondary N) is 2. The number of aliphatic hydroxyl groups excluding tert-OH is 1. The summed E-state index contributed by atoms with van der Waals surface area (Å²) in [4.78, 5) is 29.5. The van der Waals surface area contributed by atoms with Crippen LogP contribution in [0.1, 0.15) is 0 Å². The molecule has 0 spiro atoms. The number of β-amino-alcohol motifs (C(OH)–C–C–N with tert-alkyl or cyclic N) is 1. The zero-order valence-corrected chi connectivity index (χ0v) is 7.19. The Morgan fingerprint density at radius 1 is 1.21 bits per heavy atom. The molecule has 1 atom stereocenters. The highest BCUT2D eigenvalue weighted by Gasteiger charge is 2.13. The van der Waals surface area contributed by atoms with Crippen molar-refractivity contribution in [3.63, 3.8) is 0 Å². The van der Waals surface area contributed by atoms with Gasteiger partial charge >= 0.3 is 11.9 Å². The topological polar surface area (TPSA) is 106 Å². The molecule has 0 saturated carbocycles. The second kappa shape index (κ2) is 5.50. The molecule has 14 heavy (non-hydrogen) atoms. The van der Waals surface area contributed by atoms with Gasteiger partial charge in [-0.2, -0.15) is 0 Å². The molecule has 1 fully saturated rings. The van der Waals surface area contributed by atoms with Crippen LogP contribution in [0.15, 0.2) is 0 Å². The molecule has 0 radical (unpaired) electrons. The molecule has 3 N–H and O–H groups in total. The van der Waals surface area contributed by atoms with Gasteiger partial charge in [0.15, 0.2) is 0 Å². The summed E-state index contributed by atoms with van der Waals surface area (Å²) in [6, 6.07) is 0. The molecule has 1 unspecified atom stereocenters.